The molecule has 3 nitrogen and oxygen atoms in total. The Kier molecular flexibility index (Phi) is 4.42. The first-order valence-corrected chi connectivity index (χ1v) is 4.25. The van der Waals surface area contributed by atoms with Crippen LogP contribution in [0, 0.1) is 0 Å². The lowest BCUT2D eigenvalue weighted by atomic mass is 10.0. The van der Waals surface area contributed by atoms with Crippen LogP contribution in [0.25, 0.3) is 0 Å². The number of aliphatic carboxylic acids is 1. The van der Waals surface area contributed by atoms with E-state index in [1.54, 1.807) is 26.0 Å². The van der Waals surface area contributed by atoms with Gasteiger partial charge in [0, 0.05) is 0 Å². The molecular weight excluding hydrogens is 166 g/mol. The maximum absolute atomic E-state index is 10.8. The number of carbonyl (C=O) groups excluding carboxylic acids is 1. The molecule has 0 amide bonds. The highest BCUT2D eigenvalue weighted by atomic mass is 16.4. The summed E-state index contributed by atoms with van der Waals surface area (Å²) >= 11 is 0. The van der Waals surface area contributed by atoms with Gasteiger partial charge in [-0.25, -0.2) is 0 Å². The summed E-state index contributed by atoms with van der Waals surface area (Å²) in [6.07, 6.45) is 3.40. The first-order chi connectivity index (χ1) is 5.96. The van der Waals surface area contributed by atoms with Gasteiger partial charge in [-0.1, -0.05) is 13.2 Å². The Morgan fingerprint density at radius 1 is 1.38 bits per heavy atom. The number of nitrogens with one attached hydrogen (secondary N) is 1. The third-order valence-corrected chi connectivity index (χ3v) is 2.18. The summed E-state index contributed by atoms with van der Waals surface area (Å²) < 4.78 is 0. The zero-order valence-electron chi connectivity index (χ0n) is 8.30. The molecular formula is C10H17NO2. The lowest BCUT2D eigenvalue weighted by Gasteiger charge is -2.34. The molecule has 0 radical (unpaired) electrons. The van der Waals surface area contributed by atoms with Gasteiger partial charge >= 0.3 is 0 Å². The number of hydrogen-bond acceptors (Lipinski definition) is 2. The topological polar surface area (TPSA) is 44.6 Å². The largest absolute Gasteiger partial charge is 0.544 e. The number of hydrogen-bond donors (Lipinski definition) is 1. The highest BCUT2D eigenvalue weighted by molar-refractivity contribution is 5.73. The fraction of sp³-hybridized carbons (Fsp3) is 0.500. The van der Waals surface area contributed by atoms with E-state index in [0.29, 0.717) is 13.1 Å². The number of rotatable bonds is 6. The lowest BCUT2D eigenvalue weighted by Crippen LogP contribution is -3.20. The Bertz CT molecular complexity index is 199. The van der Waals surface area contributed by atoms with Crippen LogP contribution in [0.5, 0.6) is 0 Å². The predicted octanol–water partition coefficient (Wildman–Crippen LogP) is -1.23. The molecule has 0 saturated carbocycles. The van der Waals surface area contributed by atoms with Crippen LogP contribution in [0.2, 0.25) is 0 Å². The third-order valence-electron chi connectivity index (χ3n) is 2.18. The molecule has 74 valence electrons. The molecule has 13 heavy (non-hydrogen) atoms. The van der Waals surface area contributed by atoms with Crippen LogP contribution < -0.4 is 10.0 Å². The second-order valence-electron chi connectivity index (χ2n) is 3.50. The van der Waals surface area contributed by atoms with Crippen LogP contribution in [0.4, 0.5) is 0 Å². The quantitative estimate of drug-likeness (QED) is 0.524. The van der Waals surface area contributed by atoms with E-state index in [-0.39, 0.29) is 0 Å². The average molecular weight is 183 g/mol. The standard InChI is InChI=1S/C10H17NO2/c1-5-7-11(8-6-2)10(3,4)9(12)13/h5-6H,1-2,7-8H2,3-4H3,(H,12,13). The van der Waals surface area contributed by atoms with Gasteiger partial charge in [0.25, 0.3) is 0 Å². The van der Waals surface area contributed by atoms with Crippen LogP contribution >= 0.6 is 0 Å². The van der Waals surface area contributed by atoms with Gasteiger partial charge in [0.15, 0.2) is 0 Å². The van der Waals surface area contributed by atoms with E-state index in [0.717, 1.165) is 4.90 Å². The van der Waals surface area contributed by atoms with E-state index in [1.807, 2.05) is 0 Å². The van der Waals surface area contributed by atoms with Crippen molar-refractivity contribution in [2.75, 3.05) is 13.1 Å². The fourth-order valence-electron chi connectivity index (χ4n) is 1.09. The van der Waals surface area contributed by atoms with Crippen molar-refractivity contribution in [2.45, 2.75) is 19.4 Å². The maximum Gasteiger partial charge on any atom is 0.132 e. The van der Waals surface area contributed by atoms with E-state index in [9.17, 15) is 9.90 Å². The van der Waals surface area contributed by atoms with Crippen LogP contribution in [-0.4, -0.2) is 24.6 Å². The predicted molar refractivity (Wildman–Crippen MR) is 50.2 cm³/mol. The van der Waals surface area contributed by atoms with Gasteiger partial charge < -0.3 is 14.8 Å². The zero-order valence-corrected chi connectivity index (χ0v) is 8.30. The van der Waals surface area contributed by atoms with Gasteiger partial charge in [-0.15, -0.1) is 0 Å². The second-order valence-corrected chi connectivity index (χ2v) is 3.50. The molecule has 0 fully saturated rings. The molecule has 0 aromatic heterocycles. The average Bonchev–Trinajstić information content (AvgIpc) is 2.03. The molecule has 0 saturated heterocycles. The van der Waals surface area contributed by atoms with Gasteiger partial charge in [-0.3, -0.25) is 0 Å². The van der Waals surface area contributed by atoms with Crippen molar-refractivity contribution in [1.82, 2.24) is 0 Å². The molecule has 3 heteroatoms. The smallest absolute Gasteiger partial charge is 0.132 e. The minimum atomic E-state index is -1.05. The van der Waals surface area contributed by atoms with Crippen molar-refractivity contribution < 1.29 is 14.8 Å². The molecule has 1 N–H and O–H groups in total. The van der Waals surface area contributed by atoms with Crippen molar-refractivity contribution in [3.8, 4) is 0 Å². The number of carbonyl (C=O) groups is 1. The highest BCUT2D eigenvalue weighted by Crippen LogP contribution is 1.93. The van der Waals surface area contributed by atoms with Crippen LogP contribution in [0.15, 0.2) is 25.3 Å². The van der Waals surface area contributed by atoms with Crippen molar-refractivity contribution >= 4 is 5.97 Å². The van der Waals surface area contributed by atoms with Crippen LogP contribution in [0.1, 0.15) is 13.8 Å². The van der Waals surface area contributed by atoms with E-state index in [1.165, 1.54) is 0 Å². The first kappa shape index (κ1) is 11.9. The fourth-order valence-corrected chi connectivity index (χ4v) is 1.09. The Balaban J connectivity index is 4.58. The van der Waals surface area contributed by atoms with Crippen molar-refractivity contribution in [1.29, 1.82) is 0 Å². The summed E-state index contributed by atoms with van der Waals surface area (Å²) in [6, 6.07) is 0. The van der Waals surface area contributed by atoms with Crippen molar-refractivity contribution in [2.24, 2.45) is 0 Å². The summed E-state index contributed by atoms with van der Waals surface area (Å²) in [7, 11) is 0. The van der Waals surface area contributed by atoms with Crippen LogP contribution in [0.3, 0.4) is 0 Å². The van der Waals surface area contributed by atoms with Gasteiger partial charge in [-0.2, -0.15) is 0 Å². The zero-order chi connectivity index (χ0) is 10.5. The molecule has 0 aliphatic heterocycles. The maximum atomic E-state index is 10.8. The summed E-state index contributed by atoms with van der Waals surface area (Å²) in [5.74, 6) is -1.05. The van der Waals surface area contributed by atoms with E-state index < -0.39 is 11.5 Å². The SMILES string of the molecule is C=CC[NH+](CC=C)C(C)(C)C(=O)[O-]. The summed E-state index contributed by atoms with van der Waals surface area (Å²) in [5, 5.41) is 10.8. The van der Waals surface area contributed by atoms with Gasteiger partial charge in [0.05, 0.1) is 13.1 Å². The monoisotopic (exact) mass is 183 g/mol. The molecule has 0 aromatic rings. The van der Waals surface area contributed by atoms with Gasteiger partial charge in [0.1, 0.15) is 11.5 Å². The van der Waals surface area contributed by atoms with E-state index in [2.05, 4.69) is 13.2 Å². The molecule has 0 heterocycles. The minimum Gasteiger partial charge on any atom is -0.544 e. The molecule has 0 bridgehead atoms. The third kappa shape index (κ3) is 3.03. The highest BCUT2D eigenvalue weighted by Gasteiger charge is 2.30. The minimum absolute atomic E-state index is 0.590. The Labute approximate surface area is 79.4 Å². The molecule has 0 unspecified atom stereocenters. The Hall–Kier alpha value is -1.09. The lowest BCUT2D eigenvalue weighted by molar-refractivity contribution is -0.930. The molecule has 0 spiro atoms. The van der Waals surface area contributed by atoms with Gasteiger partial charge in [-0.05, 0) is 26.0 Å². The van der Waals surface area contributed by atoms with E-state index >= 15 is 0 Å². The van der Waals surface area contributed by atoms with Crippen molar-refractivity contribution in [3.63, 3.8) is 0 Å². The van der Waals surface area contributed by atoms with Gasteiger partial charge in [0.2, 0.25) is 0 Å². The van der Waals surface area contributed by atoms with E-state index in [4.69, 9.17) is 0 Å². The normalized spacial score (nSPS) is 11.3. The van der Waals surface area contributed by atoms with Crippen molar-refractivity contribution in [3.05, 3.63) is 25.3 Å². The molecule has 0 aliphatic rings. The summed E-state index contributed by atoms with van der Waals surface area (Å²) in [5.41, 5.74) is -0.900. The molecule has 0 aromatic carbocycles. The summed E-state index contributed by atoms with van der Waals surface area (Å²) in [6.45, 7) is 11.6. The molecule has 0 aliphatic carbocycles. The Morgan fingerprint density at radius 3 is 2.00 bits per heavy atom. The Morgan fingerprint density at radius 2 is 1.77 bits per heavy atom. The number of carboxylic acid groups (broad SMARTS) is 1. The second kappa shape index (κ2) is 4.82. The first-order valence-electron chi connectivity index (χ1n) is 4.25. The summed E-state index contributed by atoms with van der Waals surface area (Å²) in [4.78, 5) is 11.7. The molecule has 0 atom stereocenters. The number of quaternary nitrogens is 1. The number of carboxylic acids is 1. The molecule has 0 rings (SSSR count). The van der Waals surface area contributed by atoms with Crippen LogP contribution in [-0.2, 0) is 4.79 Å².